The van der Waals surface area contributed by atoms with Crippen LogP contribution in [0.3, 0.4) is 0 Å². The van der Waals surface area contributed by atoms with Gasteiger partial charge in [0.05, 0.1) is 20.3 Å². The summed E-state index contributed by atoms with van der Waals surface area (Å²) in [5, 5.41) is 0. The number of hydrogen-bond donors (Lipinski definition) is 0. The molecule has 2 nitrogen and oxygen atoms in total. The first kappa shape index (κ1) is 18.1. The molecule has 0 atom stereocenters. The van der Waals surface area contributed by atoms with Crippen molar-refractivity contribution >= 4 is 0 Å². The number of halogens is 1. The van der Waals surface area contributed by atoms with Gasteiger partial charge in [0, 0.05) is 0 Å². The van der Waals surface area contributed by atoms with Gasteiger partial charge >= 0.3 is 0 Å². The molecule has 0 unspecified atom stereocenters. The lowest BCUT2D eigenvalue weighted by molar-refractivity contribution is -0.954. The molecule has 0 aromatic rings. The van der Waals surface area contributed by atoms with Gasteiger partial charge in [-0.25, -0.2) is 0 Å². The van der Waals surface area contributed by atoms with Gasteiger partial charge in [-0.2, -0.15) is 0 Å². The van der Waals surface area contributed by atoms with E-state index in [4.69, 9.17) is 4.74 Å². The average molecular weight is 365 g/mol. The molecule has 0 saturated carbocycles. The van der Waals surface area contributed by atoms with E-state index in [2.05, 4.69) is 39.6 Å². The first-order valence-corrected chi connectivity index (χ1v) is 6.73. The van der Waals surface area contributed by atoms with Crippen molar-refractivity contribution in [3.63, 3.8) is 0 Å². The normalized spacial score (nSPS) is 19.5. The summed E-state index contributed by atoms with van der Waals surface area (Å²) < 4.78 is 6.56. The van der Waals surface area contributed by atoms with Gasteiger partial charge in [-0.3, -0.25) is 0 Å². The second-order valence-electron chi connectivity index (χ2n) is 5.73. The van der Waals surface area contributed by atoms with Crippen molar-refractivity contribution in [2.24, 2.45) is 0 Å². The summed E-state index contributed by atoms with van der Waals surface area (Å²) in [5.74, 6) is 0. The van der Waals surface area contributed by atoms with Crippen molar-refractivity contribution in [1.82, 2.24) is 0 Å². The van der Waals surface area contributed by atoms with Crippen LogP contribution in [0, 0.1) is 0 Å². The standard InChI is InChI=1S/C15H28NO.HI/c1-5-6-7-8-9-10-15(2,3)16(4)11-13-17-14-12-16;/h5,9-10H,1,6-8,11-14H2,2-4H3;1H/q+1;/p-1. The number of rotatable bonds is 6. The lowest BCUT2D eigenvalue weighted by atomic mass is 9.97. The van der Waals surface area contributed by atoms with Gasteiger partial charge in [-0.05, 0) is 39.2 Å². The molecule has 0 spiro atoms. The highest BCUT2D eigenvalue weighted by atomic mass is 127. The van der Waals surface area contributed by atoms with Crippen LogP contribution in [0.2, 0.25) is 0 Å². The van der Waals surface area contributed by atoms with E-state index in [1.165, 1.54) is 6.42 Å². The zero-order valence-corrected chi connectivity index (χ0v) is 14.3. The molecule has 106 valence electrons. The Morgan fingerprint density at radius 1 is 1.22 bits per heavy atom. The third-order valence-electron chi connectivity index (χ3n) is 4.15. The van der Waals surface area contributed by atoms with Crippen LogP contribution >= 0.6 is 0 Å². The van der Waals surface area contributed by atoms with Crippen LogP contribution in [0.15, 0.2) is 24.8 Å². The zero-order valence-electron chi connectivity index (χ0n) is 12.1. The van der Waals surface area contributed by atoms with Crippen LogP contribution in [-0.2, 0) is 4.74 Å². The fraction of sp³-hybridized carbons (Fsp3) is 0.733. The van der Waals surface area contributed by atoms with Crippen LogP contribution in [0.5, 0.6) is 0 Å². The molecule has 18 heavy (non-hydrogen) atoms. The third kappa shape index (κ3) is 5.02. The predicted molar refractivity (Wildman–Crippen MR) is 74.0 cm³/mol. The van der Waals surface area contributed by atoms with Gasteiger partial charge in [0.15, 0.2) is 0 Å². The summed E-state index contributed by atoms with van der Waals surface area (Å²) in [6.45, 7) is 12.4. The predicted octanol–water partition coefficient (Wildman–Crippen LogP) is 0.158. The summed E-state index contributed by atoms with van der Waals surface area (Å²) in [6, 6.07) is 0. The van der Waals surface area contributed by atoms with E-state index in [0.29, 0.717) is 0 Å². The first-order valence-electron chi connectivity index (χ1n) is 6.73. The molecule has 0 bridgehead atoms. The van der Waals surface area contributed by atoms with Crippen molar-refractivity contribution in [2.75, 3.05) is 33.4 Å². The third-order valence-corrected chi connectivity index (χ3v) is 4.15. The maximum atomic E-state index is 5.47. The van der Waals surface area contributed by atoms with Crippen LogP contribution in [0.25, 0.3) is 0 Å². The number of allylic oxidation sites excluding steroid dienone is 2. The minimum atomic E-state index is 0. The van der Waals surface area contributed by atoms with Crippen molar-refractivity contribution in [3.8, 4) is 0 Å². The summed E-state index contributed by atoms with van der Waals surface area (Å²) in [7, 11) is 2.34. The maximum absolute atomic E-state index is 5.47. The molecule has 1 rings (SSSR count). The van der Waals surface area contributed by atoms with Crippen molar-refractivity contribution in [1.29, 1.82) is 0 Å². The van der Waals surface area contributed by atoms with Gasteiger partial charge in [-0.15, -0.1) is 6.58 Å². The zero-order chi connectivity index (χ0) is 12.8. The Kier molecular flexibility index (Phi) is 8.39. The van der Waals surface area contributed by atoms with Crippen LogP contribution < -0.4 is 24.0 Å². The quantitative estimate of drug-likeness (QED) is 0.282. The number of likely N-dealkylation sites (N-methyl/N-ethyl adjacent to an activating group) is 1. The minimum absolute atomic E-state index is 0. The van der Waals surface area contributed by atoms with Gasteiger partial charge in [0.2, 0.25) is 0 Å². The molecule has 1 aliphatic rings. The fourth-order valence-corrected chi connectivity index (χ4v) is 2.25. The van der Waals surface area contributed by atoms with E-state index in [1.54, 1.807) is 0 Å². The van der Waals surface area contributed by atoms with E-state index in [-0.39, 0.29) is 29.5 Å². The van der Waals surface area contributed by atoms with Gasteiger partial charge in [-0.1, -0.05) is 12.2 Å². The Morgan fingerprint density at radius 3 is 2.39 bits per heavy atom. The molecule has 0 N–H and O–H groups in total. The molecule has 1 aliphatic heterocycles. The Morgan fingerprint density at radius 2 is 1.83 bits per heavy atom. The molecular formula is C15H28INO. The number of nitrogens with zero attached hydrogens (tertiary/aromatic N) is 1. The van der Waals surface area contributed by atoms with Gasteiger partial charge in [0.1, 0.15) is 18.6 Å². The first-order chi connectivity index (χ1) is 8.02. The van der Waals surface area contributed by atoms with Crippen molar-refractivity contribution in [3.05, 3.63) is 24.8 Å². The second-order valence-corrected chi connectivity index (χ2v) is 5.73. The highest BCUT2D eigenvalue weighted by Crippen LogP contribution is 2.26. The average Bonchev–Trinajstić information content (AvgIpc) is 2.29. The monoisotopic (exact) mass is 365 g/mol. The van der Waals surface area contributed by atoms with Crippen LogP contribution in [0.1, 0.15) is 33.1 Å². The number of ether oxygens (including phenoxy) is 1. The molecular weight excluding hydrogens is 337 g/mol. The number of morpholine rings is 1. The summed E-state index contributed by atoms with van der Waals surface area (Å²) in [5.41, 5.74) is 0.206. The Hall–Kier alpha value is 0.130. The van der Waals surface area contributed by atoms with Crippen LogP contribution in [-0.4, -0.2) is 43.4 Å². The topological polar surface area (TPSA) is 9.23 Å². The van der Waals surface area contributed by atoms with Gasteiger partial charge in [0.25, 0.3) is 0 Å². The molecule has 0 aromatic carbocycles. The molecule has 0 aromatic heterocycles. The summed E-state index contributed by atoms with van der Waals surface area (Å²) in [4.78, 5) is 0. The highest BCUT2D eigenvalue weighted by molar-refractivity contribution is 4.97. The molecule has 0 aliphatic carbocycles. The summed E-state index contributed by atoms with van der Waals surface area (Å²) in [6.07, 6.45) is 10.2. The SMILES string of the molecule is C=CCCCC=CC(C)(C)[N+]1(C)CCOCC1.[I-]. The maximum Gasteiger partial charge on any atom is 0.112 e. The van der Waals surface area contributed by atoms with E-state index >= 15 is 0 Å². The van der Waals surface area contributed by atoms with Crippen LogP contribution in [0.4, 0.5) is 0 Å². The lowest BCUT2D eigenvalue weighted by Crippen LogP contribution is -3.00. The largest absolute Gasteiger partial charge is 1.00 e. The highest BCUT2D eigenvalue weighted by Gasteiger charge is 2.39. The van der Waals surface area contributed by atoms with Crippen molar-refractivity contribution in [2.45, 2.75) is 38.6 Å². The van der Waals surface area contributed by atoms with E-state index in [1.807, 2.05) is 6.08 Å². The Bertz CT molecular complexity index is 268. The van der Waals surface area contributed by atoms with E-state index in [9.17, 15) is 0 Å². The number of unbranched alkanes of at least 4 members (excludes halogenated alkanes) is 2. The smallest absolute Gasteiger partial charge is 0.112 e. The number of quaternary nitrogens is 1. The van der Waals surface area contributed by atoms with Gasteiger partial charge < -0.3 is 33.2 Å². The number of hydrogen-bond acceptors (Lipinski definition) is 1. The molecule has 1 fully saturated rings. The molecule has 1 saturated heterocycles. The second kappa shape index (κ2) is 8.33. The molecule has 1 heterocycles. The van der Waals surface area contributed by atoms with Crippen molar-refractivity contribution < 1.29 is 33.2 Å². The summed E-state index contributed by atoms with van der Waals surface area (Å²) >= 11 is 0. The molecule has 3 heteroatoms. The Balaban J connectivity index is 0.00000289. The van der Waals surface area contributed by atoms with E-state index < -0.39 is 0 Å². The van der Waals surface area contributed by atoms with E-state index in [0.717, 1.165) is 43.6 Å². The molecule has 0 amide bonds. The lowest BCUT2D eigenvalue weighted by Gasteiger charge is -2.48. The fourth-order valence-electron chi connectivity index (χ4n) is 2.25. The Labute approximate surface area is 130 Å². The minimum Gasteiger partial charge on any atom is -1.00 e. The molecule has 0 radical (unpaired) electrons.